The molecule has 1 aliphatic heterocycles. The Labute approximate surface area is 86.2 Å². The zero-order chi connectivity index (χ0) is 9.80. The van der Waals surface area contributed by atoms with Gasteiger partial charge in [-0.1, -0.05) is 6.07 Å². The van der Waals surface area contributed by atoms with Gasteiger partial charge in [-0.2, -0.15) is 0 Å². The third kappa shape index (κ3) is 2.31. The zero-order valence-electron chi connectivity index (χ0n) is 7.66. The van der Waals surface area contributed by atoms with E-state index in [4.69, 9.17) is 4.84 Å². The molecule has 0 radical (unpaired) electrons. The lowest BCUT2D eigenvalue weighted by atomic mass is 10.3. The molecule has 14 heavy (non-hydrogen) atoms. The Balaban J connectivity index is 1.78. The van der Waals surface area contributed by atoms with E-state index in [1.165, 1.54) is 11.3 Å². The van der Waals surface area contributed by atoms with Crippen molar-refractivity contribution in [3.05, 3.63) is 22.4 Å². The van der Waals surface area contributed by atoms with Gasteiger partial charge in [-0.25, -0.2) is 5.48 Å². The van der Waals surface area contributed by atoms with Crippen LogP contribution in [0.4, 0.5) is 0 Å². The van der Waals surface area contributed by atoms with Crippen LogP contribution in [0.25, 0.3) is 0 Å². The van der Waals surface area contributed by atoms with Crippen molar-refractivity contribution in [2.75, 3.05) is 13.1 Å². The summed E-state index contributed by atoms with van der Waals surface area (Å²) in [4.78, 5) is 17.3. The van der Waals surface area contributed by atoms with Crippen LogP contribution in [0.15, 0.2) is 17.5 Å². The number of carbonyl (C=O) groups excluding carboxylic acids is 1. The lowest BCUT2D eigenvalue weighted by molar-refractivity contribution is -0.00654. The van der Waals surface area contributed by atoms with Crippen molar-refractivity contribution in [3.8, 4) is 0 Å². The van der Waals surface area contributed by atoms with Gasteiger partial charge in [-0.05, 0) is 24.4 Å². The summed E-state index contributed by atoms with van der Waals surface area (Å²) in [6.07, 6.45) is 1.06. The second-order valence-electron chi connectivity index (χ2n) is 3.14. The number of rotatable bonds is 3. The predicted octanol–water partition coefficient (Wildman–Crippen LogP) is 0.771. The fraction of sp³-hybridized carbons (Fsp3) is 0.444. The van der Waals surface area contributed by atoms with E-state index in [0.29, 0.717) is 4.88 Å². The van der Waals surface area contributed by atoms with E-state index in [9.17, 15) is 4.79 Å². The third-order valence-electron chi connectivity index (χ3n) is 2.08. The molecular formula is C9H12N2O2S. The normalized spacial score (nSPS) is 21.0. The molecule has 1 aromatic heterocycles. The summed E-state index contributed by atoms with van der Waals surface area (Å²) in [6, 6.07) is 3.62. The molecule has 1 unspecified atom stereocenters. The van der Waals surface area contributed by atoms with E-state index in [-0.39, 0.29) is 12.0 Å². The van der Waals surface area contributed by atoms with Crippen molar-refractivity contribution in [1.29, 1.82) is 0 Å². The first-order chi connectivity index (χ1) is 6.86. The van der Waals surface area contributed by atoms with Crippen LogP contribution in [0.2, 0.25) is 0 Å². The first kappa shape index (κ1) is 9.64. The van der Waals surface area contributed by atoms with Gasteiger partial charge < -0.3 is 5.32 Å². The zero-order valence-corrected chi connectivity index (χ0v) is 8.47. The van der Waals surface area contributed by atoms with Crippen molar-refractivity contribution >= 4 is 17.2 Å². The molecule has 2 rings (SSSR count). The van der Waals surface area contributed by atoms with Gasteiger partial charge in [0.05, 0.1) is 11.0 Å². The molecule has 1 saturated heterocycles. The molecule has 0 spiro atoms. The molecule has 76 valence electrons. The Bertz CT molecular complexity index is 294. The lowest BCUT2D eigenvalue weighted by Gasteiger charge is -2.09. The summed E-state index contributed by atoms with van der Waals surface area (Å²) in [5.41, 5.74) is 2.46. The molecule has 0 bridgehead atoms. The van der Waals surface area contributed by atoms with Gasteiger partial charge in [0.15, 0.2) is 0 Å². The second kappa shape index (κ2) is 4.54. The molecule has 1 atom stereocenters. The average Bonchev–Trinajstić information content (AvgIpc) is 2.87. The van der Waals surface area contributed by atoms with Crippen LogP contribution in [-0.2, 0) is 4.84 Å². The van der Waals surface area contributed by atoms with Crippen LogP contribution < -0.4 is 10.8 Å². The Morgan fingerprint density at radius 1 is 1.71 bits per heavy atom. The first-order valence-electron chi connectivity index (χ1n) is 4.56. The van der Waals surface area contributed by atoms with Crippen molar-refractivity contribution < 1.29 is 9.63 Å². The Morgan fingerprint density at radius 2 is 2.64 bits per heavy atom. The molecule has 0 saturated carbocycles. The number of carbonyl (C=O) groups is 1. The first-order valence-corrected chi connectivity index (χ1v) is 5.44. The van der Waals surface area contributed by atoms with Gasteiger partial charge in [0.1, 0.15) is 0 Å². The summed E-state index contributed by atoms with van der Waals surface area (Å²) >= 11 is 1.41. The van der Waals surface area contributed by atoms with Crippen LogP contribution in [0.1, 0.15) is 16.1 Å². The molecule has 5 heteroatoms. The van der Waals surface area contributed by atoms with E-state index >= 15 is 0 Å². The van der Waals surface area contributed by atoms with E-state index < -0.39 is 0 Å². The van der Waals surface area contributed by atoms with Crippen LogP contribution in [0.5, 0.6) is 0 Å². The molecule has 1 aromatic rings. The quantitative estimate of drug-likeness (QED) is 0.728. The van der Waals surface area contributed by atoms with Crippen molar-refractivity contribution in [2.45, 2.75) is 12.5 Å². The van der Waals surface area contributed by atoms with Gasteiger partial charge in [0.2, 0.25) is 0 Å². The maximum atomic E-state index is 11.4. The minimum absolute atomic E-state index is 0.110. The van der Waals surface area contributed by atoms with Gasteiger partial charge in [-0.3, -0.25) is 9.63 Å². The molecule has 1 amide bonds. The molecule has 0 aliphatic carbocycles. The van der Waals surface area contributed by atoms with E-state index in [0.717, 1.165) is 19.5 Å². The molecule has 4 nitrogen and oxygen atoms in total. The third-order valence-corrected chi connectivity index (χ3v) is 2.95. The van der Waals surface area contributed by atoms with Crippen LogP contribution in [0, 0.1) is 0 Å². The van der Waals surface area contributed by atoms with Crippen LogP contribution in [-0.4, -0.2) is 25.1 Å². The van der Waals surface area contributed by atoms with Crippen LogP contribution >= 0.6 is 11.3 Å². The maximum absolute atomic E-state index is 11.4. The van der Waals surface area contributed by atoms with Gasteiger partial charge in [0.25, 0.3) is 5.91 Å². The number of amides is 1. The van der Waals surface area contributed by atoms with Crippen molar-refractivity contribution in [3.63, 3.8) is 0 Å². The molecular weight excluding hydrogens is 200 g/mol. The standard InChI is InChI=1S/C9H12N2O2S/c12-9(8-2-1-5-14-8)11-13-7-3-4-10-6-7/h1-2,5,7,10H,3-4,6H2,(H,11,12). The highest BCUT2D eigenvalue weighted by atomic mass is 32.1. The van der Waals surface area contributed by atoms with Gasteiger partial charge in [-0.15, -0.1) is 11.3 Å². The molecule has 1 fully saturated rings. The average molecular weight is 212 g/mol. The largest absolute Gasteiger partial charge is 0.314 e. The minimum atomic E-state index is -0.160. The molecule has 0 aromatic carbocycles. The van der Waals surface area contributed by atoms with Gasteiger partial charge in [0, 0.05) is 6.54 Å². The summed E-state index contributed by atoms with van der Waals surface area (Å²) in [6.45, 7) is 1.77. The second-order valence-corrected chi connectivity index (χ2v) is 4.09. The van der Waals surface area contributed by atoms with E-state index in [2.05, 4.69) is 10.8 Å². The van der Waals surface area contributed by atoms with Crippen molar-refractivity contribution in [1.82, 2.24) is 10.8 Å². The van der Waals surface area contributed by atoms with E-state index in [1.807, 2.05) is 11.4 Å². The fourth-order valence-corrected chi connectivity index (χ4v) is 1.93. The predicted molar refractivity (Wildman–Crippen MR) is 54.1 cm³/mol. The molecule has 1 aliphatic rings. The van der Waals surface area contributed by atoms with Crippen LogP contribution in [0.3, 0.4) is 0 Å². The monoisotopic (exact) mass is 212 g/mol. The van der Waals surface area contributed by atoms with Crippen molar-refractivity contribution in [2.24, 2.45) is 0 Å². The summed E-state index contributed by atoms with van der Waals surface area (Å²) in [7, 11) is 0. The Hall–Kier alpha value is -0.910. The SMILES string of the molecule is O=C(NOC1CCNC1)c1cccs1. The van der Waals surface area contributed by atoms with E-state index in [1.54, 1.807) is 6.07 Å². The fourth-order valence-electron chi connectivity index (χ4n) is 1.32. The number of nitrogens with one attached hydrogen (secondary N) is 2. The summed E-state index contributed by atoms with van der Waals surface area (Å²) < 4.78 is 0. The minimum Gasteiger partial charge on any atom is -0.314 e. The molecule has 2 heterocycles. The number of hydroxylamine groups is 1. The summed E-state index contributed by atoms with van der Waals surface area (Å²) in [5.74, 6) is -0.160. The Morgan fingerprint density at radius 3 is 3.29 bits per heavy atom. The number of hydrogen-bond donors (Lipinski definition) is 2. The molecule has 2 N–H and O–H groups in total. The lowest BCUT2D eigenvalue weighted by Crippen LogP contribution is -2.30. The number of hydrogen-bond acceptors (Lipinski definition) is 4. The van der Waals surface area contributed by atoms with Gasteiger partial charge >= 0.3 is 0 Å². The highest BCUT2D eigenvalue weighted by Gasteiger charge is 2.16. The Kier molecular flexibility index (Phi) is 3.13. The number of thiophene rings is 1. The highest BCUT2D eigenvalue weighted by molar-refractivity contribution is 7.12. The topological polar surface area (TPSA) is 50.4 Å². The smallest absolute Gasteiger partial charge is 0.284 e. The highest BCUT2D eigenvalue weighted by Crippen LogP contribution is 2.08. The summed E-state index contributed by atoms with van der Waals surface area (Å²) in [5, 5.41) is 5.02. The maximum Gasteiger partial charge on any atom is 0.284 e.